The fourth-order valence-corrected chi connectivity index (χ4v) is 2.51. The molecule has 1 fully saturated rings. The topological polar surface area (TPSA) is 33.3 Å². The van der Waals surface area contributed by atoms with Gasteiger partial charge in [-0.25, -0.2) is 0 Å². The molecule has 0 spiro atoms. The molecule has 3 heteroatoms. The van der Waals surface area contributed by atoms with Gasteiger partial charge in [0.1, 0.15) is 0 Å². The Bertz CT molecular complexity index is 348. The van der Waals surface area contributed by atoms with Gasteiger partial charge in [0.2, 0.25) is 0 Å². The van der Waals surface area contributed by atoms with Gasteiger partial charge in [-0.3, -0.25) is 0 Å². The van der Waals surface area contributed by atoms with Crippen LogP contribution in [0, 0.1) is 5.92 Å². The normalized spacial score (nSPS) is 19.9. The van der Waals surface area contributed by atoms with E-state index in [-0.39, 0.29) is 0 Å². The van der Waals surface area contributed by atoms with Crippen LogP contribution in [0.15, 0.2) is 24.3 Å². The third-order valence-corrected chi connectivity index (χ3v) is 3.46. The number of rotatable bonds is 6. The van der Waals surface area contributed by atoms with Crippen LogP contribution in [0.2, 0.25) is 0 Å². The van der Waals surface area contributed by atoms with Gasteiger partial charge < -0.3 is 15.4 Å². The van der Waals surface area contributed by atoms with Crippen LogP contribution in [0.3, 0.4) is 0 Å². The third-order valence-electron chi connectivity index (χ3n) is 3.46. The van der Waals surface area contributed by atoms with Gasteiger partial charge in [0.05, 0.1) is 6.61 Å². The summed E-state index contributed by atoms with van der Waals surface area (Å²) >= 11 is 0. The zero-order valence-corrected chi connectivity index (χ0v) is 11.2. The SMILES string of the molecule is COCc1cccc(CNCC2CCCNC2)c1. The quantitative estimate of drug-likeness (QED) is 0.807. The number of methoxy groups -OCH3 is 1. The molecule has 2 rings (SSSR count). The number of hydrogen-bond acceptors (Lipinski definition) is 3. The van der Waals surface area contributed by atoms with Gasteiger partial charge in [-0.1, -0.05) is 24.3 Å². The van der Waals surface area contributed by atoms with Crippen molar-refractivity contribution in [3.63, 3.8) is 0 Å². The van der Waals surface area contributed by atoms with Crippen molar-refractivity contribution in [3.8, 4) is 0 Å². The van der Waals surface area contributed by atoms with Crippen molar-refractivity contribution in [3.05, 3.63) is 35.4 Å². The summed E-state index contributed by atoms with van der Waals surface area (Å²) in [5.74, 6) is 0.793. The highest BCUT2D eigenvalue weighted by Gasteiger charge is 2.11. The smallest absolute Gasteiger partial charge is 0.0713 e. The van der Waals surface area contributed by atoms with Crippen LogP contribution >= 0.6 is 0 Å². The van der Waals surface area contributed by atoms with Gasteiger partial charge in [0, 0.05) is 13.7 Å². The van der Waals surface area contributed by atoms with Crippen molar-refractivity contribution in [2.75, 3.05) is 26.7 Å². The van der Waals surface area contributed by atoms with Crippen molar-refractivity contribution in [1.82, 2.24) is 10.6 Å². The lowest BCUT2D eigenvalue weighted by molar-refractivity contribution is 0.185. The second-order valence-electron chi connectivity index (χ2n) is 5.10. The van der Waals surface area contributed by atoms with E-state index < -0.39 is 0 Å². The van der Waals surface area contributed by atoms with E-state index in [4.69, 9.17) is 4.74 Å². The summed E-state index contributed by atoms with van der Waals surface area (Å²) in [4.78, 5) is 0. The molecule has 0 saturated carbocycles. The predicted octanol–water partition coefficient (Wildman–Crippen LogP) is 1.92. The Labute approximate surface area is 110 Å². The van der Waals surface area contributed by atoms with E-state index in [9.17, 15) is 0 Å². The van der Waals surface area contributed by atoms with Crippen LogP contribution < -0.4 is 10.6 Å². The van der Waals surface area contributed by atoms with Gasteiger partial charge >= 0.3 is 0 Å². The lowest BCUT2D eigenvalue weighted by Gasteiger charge is -2.23. The lowest BCUT2D eigenvalue weighted by atomic mass is 10.00. The monoisotopic (exact) mass is 248 g/mol. The van der Waals surface area contributed by atoms with E-state index in [1.165, 1.54) is 30.5 Å². The first-order valence-electron chi connectivity index (χ1n) is 6.86. The molecule has 0 bridgehead atoms. The van der Waals surface area contributed by atoms with Crippen LogP contribution in [0.5, 0.6) is 0 Å². The number of benzene rings is 1. The number of ether oxygens (including phenoxy) is 1. The molecule has 1 heterocycles. The second kappa shape index (κ2) is 7.52. The highest BCUT2D eigenvalue weighted by Crippen LogP contribution is 2.09. The molecule has 3 nitrogen and oxygen atoms in total. The largest absolute Gasteiger partial charge is 0.380 e. The van der Waals surface area contributed by atoms with E-state index in [1.807, 2.05) is 0 Å². The van der Waals surface area contributed by atoms with Gasteiger partial charge in [-0.2, -0.15) is 0 Å². The maximum atomic E-state index is 5.15. The fraction of sp³-hybridized carbons (Fsp3) is 0.600. The maximum Gasteiger partial charge on any atom is 0.0713 e. The standard InChI is InChI=1S/C15H24N2O/c1-18-12-14-5-2-4-13(8-14)9-17-11-15-6-3-7-16-10-15/h2,4-5,8,15-17H,3,6-7,9-12H2,1H3. The van der Waals surface area contributed by atoms with E-state index in [2.05, 4.69) is 34.9 Å². The molecule has 18 heavy (non-hydrogen) atoms. The van der Waals surface area contributed by atoms with E-state index in [0.29, 0.717) is 6.61 Å². The lowest BCUT2D eigenvalue weighted by Crippen LogP contribution is -2.35. The summed E-state index contributed by atoms with van der Waals surface area (Å²) < 4.78 is 5.15. The first kappa shape index (κ1) is 13.5. The first-order chi connectivity index (χ1) is 8.88. The van der Waals surface area contributed by atoms with Gasteiger partial charge in [0.15, 0.2) is 0 Å². The molecule has 0 aliphatic carbocycles. The van der Waals surface area contributed by atoms with Crippen molar-refractivity contribution < 1.29 is 4.74 Å². The minimum atomic E-state index is 0.695. The Morgan fingerprint density at radius 3 is 3.06 bits per heavy atom. The molecule has 1 unspecified atom stereocenters. The minimum Gasteiger partial charge on any atom is -0.380 e. The van der Waals surface area contributed by atoms with Crippen LogP contribution in [-0.4, -0.2) is 26.7 Å². The molecule has 1 saturated heterocycles. The van der Waals surface area contributed by atoms with E-state index in [0.717, 1.165) is 25.6 Å². The molecule has 100 valence electrons. The first-order valence-corrected chi connectivity index (χ1v) is 6.86. The molecule has 1 atom stereocenters. The molecule has 1 aliphatic rings. The molecule has 2 N–H and O–H groups in total. The number of hydrogen-bond donors (Lipinski definition) is 2. The summed E-state index contributed by atoms with van der Waals surface area (Å²) in [6.07, 6.45) is 2.67. The third kappa shape index (κ3) is 4.41. The summed E-state index contributed by atoms with van der Waals surface area (Å²) in [5.41, 5.74) is 2.59. The van der Waals surface area contributed by atoms with Gasteiger partial charge in [-0.15, -0.1) is 0 Å². The fourth-order valence-electron chi connectivity index (χ4n) is 2.51. The summed E-state index contributed by atoms with van der Waals surface area (Å²) in [6, 6.07) is 8.60. The number of piperidine rings is 1. The van der Waals surface area contributed by atoms with Crippen LogP contribution in [-0.2, 0) is 17.9 Å². The van der Waals surface area contributed by atoms with Crippen molar-refractivity contribution in [2.45, 2.75) is 26.0 Å². The summed E-state index contributed by atoms with van der Waals surface area (Å²) in [6.45, 7) is 5.11. The highest BCUT2D eigenvalue weighted by atomic mass is 16.5. The average molecular weight is 248 g/mol. The Morgan fingerprint density at radius 2 is 2.28 bits per heavy atom. The summed E-state index contributed by atoms with van der Waals surface area (Å²) in [7, 11) is 1.74. The Hall–Kier alpha value is -0.900. The van der Waals surface area contributed by atoms with Crippen LogP contribution in [0.25, 0.3) is 0 Å². The zero-order chi connectivity index (χ0) is 12.6. The van der Waals surface area contributed by atoms with Crippen LogP contribution in [0.1, 0.15) is 24.0 Å². The Kier molecular flexibility index (Phi) is 5.65. The zero-order valence-electron chi connectivity index (χ0n) is 11.2. The Balaban J connectivity index is 1.73. The van der Waals surface area contributed by atoms with Gasteiger partial charge in [0.25, 0.3) is 0 Å². The summed E-state index contributed by atoms with van der Waals surface area (Å²) in [5, 5.41) is 7.01. The molecular formula is C15H24N2O. The van der Waals surface area contributed by atoms with Crippen molar-refractivity contribution in [2.24, 2.45) is 5.92 Å². The second-order valence-corrected chi connectivity index (χ2v) is 5.10. The van der Waals surface area contributed by atoms with Crippen molar-refractivity contribution in [1.29, 1.82) is 0 Å². The molecular weight excluding hydrogens is 224 g/mol. The molecule has 0 radical (unpaired) electrons. The van der Waals surface area contributed by atoms with Crippen LogP contribution in [0.4, 0.5) is 0 Å². The molecule has 1 aromatic rings. The average Bonchev–Trinajstić information content (AvgIpc) is 2.41. The molecule has 0 amide bonds. The molecule has 1 aliphatic heterocycles. The number of nitrogens with one attached hydrogen (secondary N) is 2. The van der Waals surface area contributed by atoms with Gasteiger partial charge in [-0.05, 0) is 49.5 Å². The Morgan fingerprint density at radius 1 is 1.39 bits per heavy atom. The van der Waals surface area contributed by atoms with E-state index in [1.54, 1.807) is 7.11 Å². The predicted molar refractivity (Wildman–Crippen MR) is 74.5 cm³/mol. The van der Waals surface area contributed by atoms with Crippen molar-refractivity contribution >= 4 is 0 Å². The highest BCUT2D eigenvalue weighted by molar-refractivity contribution is 5.22. The van der Waals surface area contributed by atoms with E-state index >= 15 is 0 Å². The maximum absolute atomic E-state index is 5.15. The molecule has 1 aromatic carbocycles. The minimum absolute atomic E-state index is 0.695. The molecule has 0 aromatic heterocycles.